The van der Waals surface area contributed by atoms with Crippen LogP contribution in [0.5, 0.6) is 0 Å². The van der Waals surface area contributed by atoms with E-state index in [4.69, 9.17) is 0 Å². The third-order valence-corrected chi connectivity index (χ3v) is 4.69. The van der Waals surface area contributed by atoms with E-state index in [1.54, 1.807) is 13.8 Å². The molecule has 0 radical (unpaired) electrons. The largest absolute Gasteiger partial charge is 0.348 e. The molecule has 6 heteroatoms. The third-order valence-electron chi connectivity index (χ3n) is 4.69. The Bertz CT molecular complexity index is 861. The van der Waals surface area contributed by atoms with Gasteiger partial charge in [-0.2, -0.15) is 0 Å². The van der Waals surface area contributed by atoms with E-state index in [0.29, 0.717) is 0 Å². The number of rotatable bonds is 6. The first-order chi connectivity index (χ1) is 13.1. The molecule has 0 spiro atoms. The number of carbonyl (C=O) groups excluding carboxylic acids is 2. The highest BCUT2D eigenvalue weighted by Crippen LogP contribution is 2.20. The molecule has 0 aromatic heterocycles. The zero-order valence-electron chi connectivity index (χ0n) is 16.8. The van der Waals surface area contributed by atoms with Crippen LogP contribution in [0.25, 0.3) is 0 Å². The molecule has 2 atom stereocenters. The number of amides is 2. The lowest BCUT2D eigenvalue weighted by atomic mass is 9.98. The molecule has 0 bridgehead atoms. The average Bonchev–Trinajstić information content (AvgIpc) is 2.61. The van der Waals surface area contributed by atoms with Crippen molar-refractivity contribution in [3.05, 3.63) is 70.3 Å². The Morgan fingerprint density at radius 1 is 0.929 bits per heavy atom. The van der Waals surface area contributed by atoms with Crippen LogP contribution < -0.4 is 10.6 Å². The van der Waals surface area contributed by atoms with Crippen molar-refractivity contribution in [3.63, 3.8) is 0 Å². The molecule has 0 aliphatic rings. The Hall–Kier alpha value is -2.76. The summed E-state index contributed by atoms with van der Waals surface area (Å²) in [5.74, 6) is -3.57. The Labute approximate surface area is 164 Å². The fraction of sp³-hybridized carbons (Fsp3) is 0.364. The fourth-order valence-electron chi connectivity index (χ4n) is 3.07. The van der Waals surface area contributed by atoms with Crippen molar-refractivity contribution in [3.8, 4) is 0 Å². The molecule has 0 aliphatic heterocycles. The SMILES string of the molecule is Cc1ccc(C)c([C@@H](C)NC(=O)[C@H](NC(=O)c2c(F)cccc2F)C(C)C)c1. The molecular formula is C22H26F2N2O2. The van der Waals surface area contributed by atoms with Gasteiger partial charge < -0.3 is 10.6 Å². The van der Waals surface area contributed by atoms with E-state index < -0.39 is 35.1 Å². The predicted octanol–water partition coefficient (Wildman–Crippen LogP) is 4.21. The minimum absolute atomic E-state index is 0.274. The summed E-state index contributed by atoms with van der Waals surface area (Å²) in [5.41, 5.74) is 2.40. The van der Waals surface area contributed by atoms with Gasteiger partial charge in [0.05, 0.1) is 6.04 Å². The fourth-order valence-corrected chi connectivity index (χ4v) is 3.07. The van der Waals surface area contributed by atoms with Crippen LogP contribution >= 0.6 is 0 Å². The van der Waals surface area contributed by atoms with Gasteiger partial charge in [0.25, 0.3) is 5.91 Å². The monoisotopic (exact) mass is 388 g/mol. The van der Waals surface area contributed by atoms with E-state index in [1.165, 1.54) is 6.07 Å². The Balaban J connectivity index is 2.18. The summed E-state index contributed by atoms with van der Waals surface area (Å²) in [6.45, 7) is 9.29. The van der Waals surface area contributed by atoms with Gasteiger partial charge >= 0.3 is 0 Å². The van der Waals surface area contributed by atoms with Crippen LogP contribution in [0.4, 0.5) is 8.78 Å². The summed E-state index contributed by atoms with van der Waals surface area (Å²) in [5, 5.41) is 5.36. The number of hydrogen-bond donors (Lipinski definition) is 2. The van der Waals surface area contributed by atoms with Crippen molar-refractivity contribution in [2.45, 2.75) is 46.7 Å². The normalized spacial score (nSPS) is 13.1. The molecule has 0 unspecified atom stereocenters. The maximum Gasteiger partial charge on any atom is 0.257 e. The van der Waals surface area contributed by atoms with Gasteiger partial charge in [-0.3, -0.25) is 9.59 Å². The Morgan fingerprint density at radius 2 is 1.54 bits per heavy atom. The van der Waals surface area contributed by atoms with Gasteiger partial charge in [0.2, 0.25) is 5.91 Å². The van der Waals surface area contributed by atoms with Crippen LogP contribution in [0.3, 0.4) is 0 Å². The van der Waals surface area contributed by atoms with Crippen LogP contribution in [0, 0.1) is 31.4 Å². The summed E-state index contributed by atoms with van der Waals surface area (Å²) in [6, 6.07) is 7.95. The zero-order valence-corrected chi connectivity index (χ0v) is 16.8. The molecule has 0 saturated heterocycles. The van der Waals surface area contributed by atoms with Crippen LogP contribution in [-0.2, 0) is 4.79 Å². The summed E-state index contributed by atoms with van der Waals surface area (Å²) in [4.78, 5) is 25.2. The van der Waals surface area contributed by atoms with Gasteiger partial charge in [0.15, 0.2) is 0 Å². The van der Waals surface area contributed by atoms with Crippen LogP contribution in [0.2, 0.25) is 0 Å². The molecule has 2 aromatic carbocycles. The van der Waals surface area contributed by atoms with Crippen LogP contribution in [-0.4, -0.2) is 17.9 Å². The maximum atomic E-state index is 13.9. The number of nitrogens with one attached hydrogen (secondary N) is 2. The summed E-state index contributed by atoms with van der Waals surface area (Å²) >= 11 is 0. The molecule has 0 heterocycles. The van der Waals surface area contributed by atoms with Gasteiger partial charge in [-0.25, -0.2) is 8.78 Å². The van der Waals surface area contributed by atoms with E-state index in [1.807, 2.05) is 39.0 Å². The second kappa shape index (κ2) is 8.95. The number of halogens is 2. The molecule has 2 amide bonds. The Morgan fingerprint density at radius 3 is 2.11 bits per heavy atom. The molecular weight excluding hydrogens is 362 g/mol. The third kappa shape index (κ3) is 4.94. The van der Waals surface area contributed by atoms with E-state index in [9.17, 15) is 18.4 Å². The molecule has 0 saturated carbocycles. The first-order valence-corrected chi connectivity index (χ1v) is 9.24. The van der Waals surface area contributed by atoms with E-state index >= 15 is 0 Å². The quantitative estimate of drug-likeness (QED) is 0.779. The predicted molar refractivity (Wildman–Crippen MR) is 105 cm³/mol. The van der Waals surface area contributed by atoms with Crippen LogP contribution in [0.15, 0.2) is 36.4 Å². The summed E-state index contributed by atoms with van der Waals surface area (Å²) < 4.78 is 27.7. The topological polar surface area (TPSA) is 58.2 Å². The van der Waals surface area contributed by atoms with Gasteiger partial charge in [-0.05, 0) is 49.9 Å². The smallest absolute Gasteiger partial charge is 0.257 e. The van der Waals surface area contributed by atoms with Gasteiger partial charge in [0.1, 0.15) is 23.2 Å². The molecule has 2 aromatic rings. The Kier molecular flexibility index (Phi) is 6.89. The first-order valence-electron chi connectivity index (χ1n) is 9.24. The molecule has 150 valence electrons. The average molecular weight is 388 g/mol. The lowest BCUT2D eigenvalue weighted by Gasteiger charge is -2.25. The standard InChI is InChI=1S/C22H26F2N2O2/c1-12(2)20(26-21(27)19-17(23)7-6-8-18(19)24)22(28)25-15(5)16-11-13(3)9-10-14(16)4/h6-12,15,20H,1-5H3,(H,25,28)(H,26,27)/t15-,20-/m1/s1. The lowest BCUT2D eigenvalue weighted by molar-refractivity contribution is -0.124. The van der Waals surface area contributed by atoms with Gasteiger partial charge in [-0.15, -0.1) is 0 Å². The molecule has 2 N–H and O–H groups in total. The second-order valence-corrected chi connectivity index (χ2v) is 7.38. The van der Waals surface area contributed by atoms with Gasteiger partial charge in [0, 0.05) is 0 Å². The van der Waals surface area contributed by atoms with Crippen molar-refractivity contribution in [1.82, 2.24) is 10.6 Å². The molecule has 0 aliphatic carbocycles. The van der Waals surface area contributed by atoms with E-state index in [0.717, 1.165) is 28.8 Å². The minimum atomic E-state index is -0.968. The van der Waals surface area contributed by atoms with Crippen molar-refractivity contribution >= 4 is 11.8 Å². The first kappa shape index (κ1) is 21.5. The van der Waals surface area contributed by atoms with Crippen molar-refractivity contribution in [2.24, 2.45) is 5.92 Å². The van der Waals surface area contributed by atoms with Crippen molar-refractivity contribution in [2.75, 3.05) is 0 Å². The minimum Gasteiger partial charge on any atom is -0.348 e. The van der Waals surface area contributed by atoms with Crippen LogP contribution in [0.1, 0.15) is 53.9 Å². The zero-order chi connectivity index (χ0) is 21.0. The number of hydrogen-bond acceptors (Lipinski definition) is 2. The van der Waals surface area contributed by atoms with Crippen molar-refractivity contribution < 1.29 is 18.4 Å². The van der Waals surface area contributed by atoms with Gasteiger partial charge in [-0.1, -0.05) is 43.7 Å². The molecule has 4 nitrogen and oxygen atoms in total. The van der Waals surface area contributed by atoms with E-state index in [-0.39, 0.29) is 12.0 Å². The highest BCUT2D eigenvalue weighted by molar-refractivity contribution is 5.98. The highest BCUT2D eigenvalue weighted by atomic mass is 19.1. The number of carbonyl (C=O) groups is 2. The maximum absolute atomic E-state index is 13.9. The van der Waals surface area contributed by atoms with Crippen molar-refractivity contribution in [1.29, 1.82) is 0 Å². The molecule has 28 heavy (non-hydrogen) atoms. The molecule has 2 rings (SSSR count). The number of benzene rings is 2. The number of aryl methyl sites for hydroxylation is 2. The van der Waals surface area contributed by atoms with E-state index in [2.05, 4.69) is 10.6 Å². The highest BCUT2D eigenvalue weighted by Gasteiger charge is 2.28. The summed E-state index contributed by atoms with van der Waals surface area (Å²) in [6.07, 6.45) is 0. The molecule has 0 fully saturated rings. The summed E-state index contributed by atoms with van der Waals surface area (Å²) in [7, 11) is 0. The second-order valence-electron chi connectivity index (χ2n) is 7.38. The lowest BCUT2D eigenvalue weighted by Crippen LogP contribution is -2.50.